The van der Waals surface area contributed by atoms with Gasteiger partial charge in [-0.25, -0.2) is 4.98 Å². The van der Waals surface area contributed by atoms with Crippen LogP contribution in [0.25, 0.3) is 0 Å². The van der Waals surface area contributed by atoms with Crippen molar-refractivity contribution in [1.82, 2.24) is 4.98 Å². The van der Waals surface area contributed by atoms with E-state index >= 15 is 0 Å². The third-order valence-electron chi connectivity index (χ3n) is 2.48. The van der Waals surface area contributed by atoms with Gasteiger partial charge in [0, 0.05) is 34.8 Å². The number of aromatic nitrogens is 1. The Morgan fingerprint density at radius 2 is 2.57 bits per heavy atom. The molecule has 0 spiro atoms. The summed E-state index contributed by atoms with van der Waals surface area (Å²) in [6.45, 7) is 3.81. The van der Waals surface area contributed by atoms with Crippen molar-refractivity contribution < 1.29 is 4.74 Å². The Bertz CT molecular complexity index is 302. The first kappa shape index (κ1) is 10.6. The van der Waals surface area contributed by atoms with Crippen molar-refractivity contribution in [1.29, 1.82) is 0 Å². The maximum absolute atomic E-state index is 5.48. The van der Waals surface area contributed by atoms with Gasteiger partial charge in [0.2, 0.25) is 0 Å². The van der Waals surface area contributed by atoms with Gasteiger partial charge in [-0.1, -0.05) is 15.9 Å². The Morgan fingerprint density at radius 1 is 1.71 bits per heavy atom. The van der Waals surface area contributed by atoms with Gasteiger partial charge in [-0.15, -0.1) is 11.3 Å². The highest BCUT2D eigenvalue weighted by atomic mass is 79.9. The van der Waals surface area contributed by atoms with Gasteiger partial charge >= 0.3 is 0 Å². The molecule has 1 aliphatic heterocycles. The molecule has 0 saturated carbocycles. The molecule has 1 aromatic heterocycles. The van der Waals surface area contributed by atoms with Crippen LogP contribution in [0.1, 0.15) is 17.1 Å². The number of hydrogen-bond acceptors (Lipinski definition) is 3. The predicted molar refractivity (Wildman–Crippen MR) is 62.2 cm³/mol. The molecule has 78 valence electrons. The minimum Gasteiger partial charge on any atom is -0.381 e. The summed E-state index contributed by atoms with van der Waals surface area (Å²) in [4.78, 5) is 5.08. The molecule has 2 atom stereocenters. The summed E-state index contributed by atoms with van der Waals surface area (Å²) in [5.74, 6) is 0.592. The van der Waals surface area contributed by atoms with Crippen LogP contribution in [-0.4, -0.2) is 23.0 Å². The second-order valence-electron chi connectivity index (χ2n) is 3.73. The molecule has 1 aliphatic rings. The number of aryl methyl sites for hydroxylation is 1. The Morgan fingerprint density at radius 3 is 3.21 bits per heavy atom. The van der Waals surface area contributed by atoms with Crippen LogP contribution in [0.3, 0.4) is 0 Å². The number of thiazole rings is 1. The lowest BCUT2D eigenvalue weighted by Crippen LogP contribution is -2.29. The molecule has 1 fully saturated rings. The van der Waals surface area contributed by atoms with Crippen LogP contribution in [-0.2, 0) is 11.2 Å². The standard InChI is InChI=1S/C10H14BrNOS/c1-7-6-14-10(12-7)4-8-5-13-3-2-9(8)11/h6,8-9H,2-5H2,1H3. The molecule has 2 heterocycles. The molecule has 0 aliphatic carbocycles. The molecule has 14 heavy (non-hydrogen) atoms. The van der Waals surface area contributed by atoms with Crippen molar-refractivity contribution in [3.05, 3.63) is 16.1 Å². The van der Waals surface area contributed by atoms with E-state index in [4.69, 9.17) is 4.74 Å². The van der Waals surface area contributed by atoms with Crippen molar-refractivity contribution in [2.24, 2.45) is 5.92 Å². The van der Waals surface area contributed by atoms with E-state index < -0.39 is 0 Å². The van der Waals surface area contributed by atoms with E-state index in [0.717, 1.165) is 31.7 Å². The van der Waals surface area contributed by atoms with Gasteiger partial charge < -0.3 is 4.74 Å². The van der Waals surface area contributed by atoms with Crippen LogP contribution in [0.15, 0.2) is 5.38 Å². The summed E-state index contributed by atoms with van der Waals surface area (Å²) in [5.41, 5.74) is 1.13. The first-order valence-corrected chi connectivity index (χ1v) is 6.68. The molecule has 1 saturated heterocycles. The molecule has 2 rings (SSSR count). The SMILES string of the molecule is Cc1csc(CC2COCCC2Br)n1. The fourth-order valence-corrected chi connectivity index (χ4v) is 3.07. The molecular weight excluding hydrogens is 262 g/mol. The van der Waals surface area contributed by atoms with E-state index in [1.165, 1.54) is 5.01 Å². The number of alkyl halides is 1. The zero-order valence-corrected chi connectivity index (χ0v) is 10.6. The largest absolute Gasteiger partial charge is 0.381 e. The Hall–Kier alpha value is 0.0700. The van der Waals surface area contributed by atoms with Gasteiger partial charge in [-0.2, -0.15) is 0 Å². The molecule has 1 aromatic rings. The lowest BCUT2D eigenvalue weighted by molar-refractivity contribution is 0.0605. The van der Waals surface area contributed by atoms with Crippen LogP contribution in [0.4, 0.5) is 0 Å². The third-order valence-corrected chi connectivity index (χ3v) is 4.68. The van der Waals surface area contributed by atoms with Crippen LogP contribution in [0, 0.1) is 12.8 Å². The van der Waals surface area contributed by atoms with Crippen molar-refractivity contribution >= 4 is 27.3 Å². The summed E-state index contributed by atoms with van der Waals surface area (Å²) < 4.78 is 5.48. The first-order valence-electron chi connectivity index (χ1n) is 4.88. The van der Waals surface area contributed by atoms with E-state index in [1.54, 1.807) is 11.3 Å². The fraction of sp³-hybridized carbons (Fsp3) is 0.700. The first-order chi connectivity index (χ1) is 6.75. The highest BCUT2D eigenvalue weighted by Crippen LogP contribution is 2.26. The van der Waals surface area contributed by atoms with E-state index in [9.17, 15) is 0 Å². The Labute approximate surface area is 96.8 Å². The summed E-state index contributed by atoms with van der Waals surface area (Å²) in [6, 6.07) is 0. The molecular formula is C10H14BrNOS. The molecule has 2 unspecified atom stereocenters. The van der Waals surface area contributed by atoms with E-state index in [-0.39, 0.29) is 0 Å². The van der Waals surface area contributed by atoms with Gasteiger partial charge in [0.05, 0.1) is 11.6 Å². The zero-order chi connectivity index (χ0) is 9.97. The Balaban J connectivity index is 1.95. The van der Waals surface area contributed by atoms with Crippen molar-refractivity contribution in [2.45, 2.75) is 24.6 Å². The van der Waals surface area contributed by atoms with E-state index in [1.807, 2.05) is 6.92 Å². The van der Waals surface area contributed by atoms with E-state index in [2.05, 4.69) is 26.3 Å². The molecule has 0 radical (unpaired) electrons. The number of rotatable bonds is 2. The smallest absolute Gasteiger partial charge is 0.0932 e. The van der Waals surface area contributed by atoms with Gasteiger partial charge in [-0.3, -0.25) is 0 Å². The lowest BCUT2D eigenvalue weighted by Gasteiger charge is -2.26. The highest BCUT2D eigenvalue weighted by molar-refractivity contribution is 9.09. The quantitative estimate of drug-likeness (QED) is 0.775. The van der Waals surface area contributed by atoms with Gasteiger partial charge in [0.25, 0.3) is 0 Å². The summed E-state index contributed by atoms with van der Waals surface area (Å²) in [6.07, 6.45) is 2.17. The van der Waals surface area contributed by atoms with Gasteiger partial charge in [-0.05, 0) is 13.3 Å². The second kappa shape index (κ2) is 4.73. The number of halogens is 1. The average molecular weight is 276 g/mol. The molecule has 2 nitrogen and oxygen atoms in total. The number of hydrogen-bond donors (Lipinski definition) is 0. The van der Waals surface area contributed by atoms with Gasteiger partial charge in [0.1, 0.15) is 0 Å². The van der Waals surface area contributed by atoms with Crippen molar-refractivity contribution in [2.75, 3.05) is 13.2 Å². The third kappa shape index (κ3) is 2.55. The second-order valence-corrected chi connectivity index (χ2v) is 5.85. The number of ether oxygens (including phenoxy) is 1. The predicted octanol–water partition coefficient (Wildman–Crippen LogP) is 2.79. The summed E-state index contributed by atoms with van der Waals surface area (Å²) in [5, 5.41) is 3.35. The number of nitrogens with zero attached hydrogens (tertiary/aromatic N) is 1. The molecule has 0 bridgehead atoms. The van der Waals surface area contributed by atoms with Crippen LogP contribution in [0.2, 0.25) is 0 Å². The Kier molecular flexibility index (Phi) is 3.57. The molecule has 0 N–H and O–H groups in total. The van der Waals surface area contributed by atoms with Gasteiger partial charge in [0.15, 0.2) is 0 Å². The van der Waals surface area contributed by atoms with E-state index in [0.29, 0.717) is 10.7 Å². The summed E-state index contributed by atoms with van der Waals surface area (Å²) in [7, 11) is 0. The molecule has 0 aromatic carbocycles. The average Bonchev–Trinajstić information content (AvgIpc) is 2.56. The van der Waals surface area contributed by atoms with Crippen LogP contribution < -0.4 is 0 Å². The minimum atomic E-state index is 0.592. The monoisotopic (exact) mass is 275 g/mol. The van der Waals surface area contributed by atoms with Crippen LogP contribution in [0.5, 0.6) is 0 Å². The lowest BCUT2D eigenvalue weighted by atomic mass is 9.99. The summed E-state index contributed by atoms with van der Waals surface area (Å²) >= 11 is 5.47. The van der Waals surface area contributed by atoms with Crippen molar-refractivity contribution in [3.8, 4) is 0 Å². The topological polar surface area (TPSA) is 22.1 Å². The molecule has 4 heteroatoms. The maximum atomic E-state index is 5.48. The normalized spacial score (nSPS) is 27.9. The minimum absolute atomic E-state index is 0.592. The fourth-order valence-electron chi connectivity index (χ4n) is 1.68. The van der Waals surface area contributed by atoms with Crippen LogP contribution >= 0.6 is 27.3 Å². The maximum Gasteiger partial charge on any atom is 0.0932 e. The molecule has 0 amide bonds. The highest BCUT2D eigenvalue weighted by Gasteiger charge is 2.24. The van der Waals surface area contributed by atoms with Crippen molar-refractivity contribution in [3.63, 3.8) is 0 Å². The zero-order valence-electron chi connectivity index (χ0n) is 8.20.